The highest BCUT2D eigenvalue weighted by Gasteiger charge is 2.59. The summed E-state index contributed by atoms with van der Waals surface area (Å²) in [5.41, 5.74) is 0.395. The van der Waals surface area contributed by atoms with Crippen LogP contribution in [0.15, 0.2) is 12.2 Å². The van der Waals surface area contributed by atoms with Gasteiger partial charge in [-0.05, 0) is 25.7 Å². The summed E-state index contributed by atoms with van der Waals surface area (Å²) in [6, 6.07) is 0. The van der Waals surface area contributed by atoms with Gasteiger partial charge in [-0.2, -0.15) is 0 Å². The first-order chi connectivity index (χ1) is 8.06. The van der Waals surface area contributed by atoms with Gasteiger partial charge in [-0.3, -0.25) is 4.79 Å². The lowest BCUT2D eigenvalue weighted by Crippen LogP contribution is -2.46. The smallest absolute Gasteiger partial charge is 0.333 e. The lowest BCUT2D eigenvalue weighted by molar-refractivity contribution is -0.182. The van der Waals surface area contributed by atoms with Crippen molar-refractivity contribution in [3.05, 3.63) is 12.2 Å². The number of fused-ring (bicyclic) bond motifs is 1. The van der Waals surface area contributed by atoms with Crippen LogP contribution < -0.4 is 0 Å². The topological polar surface area (TPSA) is 52.6 Å². The Morgan fingerprint density at radius 3 is 2.88 bits per heavy atom. The Hall–Kier alpha value is -1.32. The van der Waals surface area contributed by atoms with Gasteiger partial charge in [0.05, 0.1) is 0 Å². The number of hydrogen-bond acceptors (Lipinski definition) is 4. The Labute approximate surface area is 100.0 Å². The second-order valence-electron chi connectivity index (χ2n) is 5.46. The number of esters is 2. The van der Waals surface area contributed by atoms with Crippen LogP contribution in [0.2, 0.25) is 0 Å². The van der Waals surface area contributed by atoms with Gasteiger partial charge in [0.25, 0.3) is 0 Å². The fraction of sp³-hybridized carbons (Fsp3) is 0.692. The fourth-order valence-corrected chi connectivity index (χ4v) is 3.58. The molecule has 3 fully saturated rings. The summed E-state index contributed by atoms with van der Waals surface area (Å²) in [6.07, 6.45) is 2.10. The normalized spacial score (nSPS) is 42.2. The molecule has 0 N–H and O–H groups in total. The van der Waals surface area contributed by atoms with E-state index in [2.05, 4.69) is 6.58 Å². The van der Waals surface area contributed by atoms with Crippen molar-refractivity contribution in [2.45, 2.75) is 38.4 Å². The van der Waals surface area contributed by atoms with Crippen LogP contribution in [0.25, 0.3) is 0 Å². The minimum absolute atomic E-state index is 0.145. The standard InChI is InChI=1S/C13H16O4/c1-6(2)13(15)17-11-8-3-7-5-10(14)16-12(11)9(7)4-8/h7-9,11-12H,1,3-5H2,2H3. The highest BCUT2D eigenvalue weighted by molar-refractivity contribution is 5.87. The Morgan fingerprint density at radius 1 is 1.41 bits per heavy atom. The number of ether oxygens (including phenoxy) is 2. The molecule has 4 heteroatoms. The Kier molecular flexibility index (Phi) is 2.28. The van der Waals surface area contributed by atoms with Crippen molar-refractivity contribution in [2.75, 3.05) is 0 Å². The quantitative estimate of drug-likeness (QED) is 0.538. The highest BCUT2D eigenvalue weighted by Crippen LogP contribution is 2.54. The molecule has 0 aromatic heterocycles. The molecule has 1 aliphatic heterocycles. The van der Waals surface area contributed by atoms with Crippen LogP contribution >= 0.6 is 0 Å². The van der Waals surface area contributed by atoms with E-state index in [9.17, 15) is 9.59 Å². The fourth-order valence-electron chi connectivity index (χ4n) is 3.58. The molecule has 0 aromatic rings. The largest absolute Gasteiger partial charge is 0.458 e. The second-order valence-corrected chi connectivity index (χ2v) is 5.46. The van der Waals surface area contributed by atoms with E-state index in [4.69, 9.17) is 9.47 Å². The molecule has 5 unspecified atom stereocenters. The molecule has 0 spiro atoms. The van der Waals surface area contributed by atoms with E-state index >= 15 is 0 Å². The molecular weight excluding hydrogens is 220 g/mol. The Bertz CT molecular complexity index is 400. The zero-order chi connectivity index (χ0) is 12.2. The third-order valence-corrected chi connectivity index (χ3v) is 4.28. The summed E-state index contributed by atoms with van der Waals surface area (Å²) in [5, 5.41) is 0. The molecule has 2 bridgehead atoms. The lowest BCUT2D eigenvalue weighted by Gasteiger charge is -2.38. The van der Waals surface area contributed by atoms with Crippen molar-refractivity contribution in [3.63, 3.8) is 0 Å². The van der Waals surface area contributed by atoms with E-state index in [1.54, 1.807) is 6.92 Å². The molecule has 1 heterocycles. The molecule has 0 amide bonds. The van der Waals surface area contributed by atoms with E-state index in [1.807, 2.05) is 0 Å². The van der Waals surface area contributed by atoms with Gasteiger partial charge in [0.1, 0.15) is 12.2 Å². The SMILES string of the molecule is C=C(C)C(=O)OC1C2CC3CC(=O)OC1C3C2. The summed E-state index contributed by atoms with van der Waals surface area (Å²) in [5.74, 6) is 0.701. The van der Waals surface area contributed by atoms with Crippen molar-refractivity contribution in [3.8, 4) is 0 Å². The molecule has 3 aliphatic rings. The average Bonchev–Trinajstić information content (AvgIpc) is 2.78. The summed E-state index contributed by atoms with van der Waals surface area (Å²) in [7, 11) is 0. The van der Waals surface area contributed by atoms with Gasteiger partial charge in [-0.25, -0.2) is 4.79 Å². The molecule has 2 saturated carbocycles. The van der Waals surface area contributed by atoms with Crippen LogP contribution in [-0.2, 0) is 19.1 Å². The van der Waals surface area contributed by atoms with Gasteiger partial charge in [-0.15, -0.1) is 0 Å². The predicted molar refractivity (Wildman–Crippen MR) is 58.9 cm³/mol. The van der Waals surface area contributed by atoms with Gasteiger partial charge in [0.2, 0.25) is 0 Å². The number of rotatable bonds is 2. The average molecular weight is 236 g/mol. The molecule has 92 valence electrons. The maximum atomic E-state index is 11.6. The van der Waals surface area contributed by atoms with Crippen molar-refractivity contribution in [1.29, 1.82) is 0 Å². The third-order valence-electron chi connectivity index (χ3n) is 4.28. The maximum absolute atomic E-state index is 11.6. The first-order valence-corrected chi connectivity index (χ1v) is 6.12. The molecule has 1 saturated heterocycles. The molecule has 5 atom stereocenters. The van der Waals surface area contributed by atoms with Gasteiger partial charge in [0.15, 0.2) is 0 Å². The van der Waals surface area contributed by atoms with Gasteiger partial charge in [0, 0.05) is 23.8 Å². The van der Waals surface area contributed by atoms with Crippen LogP contribution in [0, 0.1) is 17.8 Å². The highest BCUT2D eigenvalue weighted by atomic mass is 16.6. The van der Waals surface area contributed by atoms with Gasteiger partial charge >= 0.3 is 11.9 Å². The van der Waals surface area contributed by atoms with Crippen molar-refractivity contribution >= 4 is 11.9 Å². The van der Waals surface area contributed by atoms with Crippen LogP contribution in [0.5, 0.6) is 0 Å². The van der Waals surface area contributed by atoms with Crippen molar-refractivity contribution in [2.24, 2.45) is 17.8 Å². The van der Waals surface area contributed by atoms with E-state index < -0.39 is 0 Å². The zero-order valence-corrected chi connectivity index (χ0v) is 9.85. The Balaban J connectivity index is 1.76. The first kappa shape index (κ1) is 10.8. The lowest BCUT2D eigenvalue weighted by atomic mass is 9.81. The van der Waals surface area contributed by atoms with E-state index in [0.29, 0.717) is 29.7 Å². The summed E-state index contributed by atoms with van der Waals surface area (Å²) in [4.78, 5) is 23.0. The third kappa shape index (κ3) is 1.58. The molecular formula is C13H16O4. The van der Waals surface area contributed by atoms with Crippen LogP contribution in [0.4, 0.5) is 0 Å². The summed E-state index contributed by atoms with van der Waals surface area (Å²) in [6.45, 7) is 5.20. The first-order valence-electron chi connectivity index (χ1n) is 6.12. The summed E-state index contributed by atoms with van der Waals surface area (Å²) < 4.78 is 10.8. The minimum Gasteiger partial charge on any atom is -0.458 e. The van der Waals surface area contributed by atoms with Gasteiger partial charge < -0.3 is 9.47 Å². The molecule has 4 nitrogen and oxygen atoms in total. The maximum Gasteiger partial charge on any atom is 0.333 e. The number of carbonyl (C=O) groups excluding carboxylic acids is 2. The number of hydrogen-bond donors (Lipinski definition) is 0. The van der Waals surface area contributed by atoms with E-state index in [1.165, 1.54) is 0 Å². The van der Waals surface area contributed by atoms with E-state index in [0.717, 1.165) is 12.8 Å². The second kappa shape index (κ2) is 3.59. The van der Waals surface area contributed by atoms with Crippen molar-refractivity contribution < 1.29 is 19.1 Å². The van der Waals surface area contributed by atoms with Crippen molar-refractivity contribution in [1.82, 2.24) is 0 Å². The number of carbonyl (C=O) groups is 2. The minimum atomic E-state index is -0.374. The van der Waals surface area contributed by atoms with Gasteiger partial charge in [-0.1, -0.05) is 6.58 Å². The monoisotopic (exact) mass is 236 g/mol. The molecule has 0 aromatic carbocycles. The Morgan fingerprint density at radius 2 is 2.18 bits per heavy atom. The van der Waals surface area contributed by atoms with Crippen LogP contribution in [-0.4, -0.2) is 24.1 Å². The van der Waals surface area contributed by atoms with Crippen LogP contribution in [0.3, 0.4) is 0 Å². The zero-order valence-electron chi connectivity index (χ0n) is 9.85. The predicted octanol–water partition coefficient (Wildman–Crippen LogP) is 1.45. The van der Waals surface area contributed by atoms with Crippen LogP contribution in [0.1, 0.15) is 26.2 Å². The summed E-state index contributed by atoms with van der Waals surface area (Å²) >= 11 is 0. The van der Waals surface area contributed by atoms with E-state index in [-0.39, 0.29) is 24.1 Å². The molecule has 3 rings (SSSR count). The molecule has 17 heavy (non-hydrogen) atoms. The molecule has 2 aliphatic carbocycles. The molecule has 0 radical (unpaired) electrons.